The Balaban J connectivity index is 0.00000576. The first-order valence-electron chi connectivity index (χ1n) is 8.75. The molecule has 0 bridgehead atoms. The Kier molecular flexibility index (Phi) is 14.2. The first kappa shape index (κ1) is 24.4. The summed E-state index contributed by atoms with van der Waals surface area (Å²) in [4.78, 5) is 4.30. The molecule has 0 aliphatic heterocycles. The molecule has 1 rings (SSSR count). The molecule has 1 atom stereocenters. The molecule has 0 amide bonds. The monoisotopic (exact) mass is 479 g/mol. The second-order valence-electron chi connectivity index (χ2n) is 6.34. The molecule has 1 unspecified atom stereocenters. The van der Waals surface area contributed by atoms with Crippen molar-refractivity contribution in [1.82, 2.24) is 10.6 Å². The van der Waals surface area contributed by atoms with E-state index >= 15 is 0 Å². The van der Waals surface area contributed by atoms with Crippen molar-refractivity contribution >= 4 is 41.7 Å². The van der Waals surface area contributed by atoms with E-state index in [-0.39, 0.29) is 30.0 Å². The molecule has 0 spiro atoms. The van der Waals surface area contributed by atoms with Crippen LogP contribution in [0.4, 0.5) is 0 Å². The molecular weight excluding hydrogens is 445 g/mol. The van der Waals surface area contributed by atoms with Crippen LogP contribution in [-0.4, -0.2) is 38.2 Å². The molecule has 4 nitrogen and oxygen atoms in total. The fraction of sp³-hybridized carbons (Fsp3) is 0.632. The highest BCUT2D eigenvalue weighted by molar-refractivity contribution is 14.0. The highest BCUT2D eigenvalue weighted by Gasteiger charge is 2.08. The van der Waals surface area contributed by atoms with Crippen molar-refractivity contribution in [3.63, 3.8) is 0 Å². The Bertz CT molecular complexity index is 480. The molecule has 0 radical (unpaired) electrons. The molecule has 0 saturated heterocycles. The van der Waals surface area contributed by atoms with Gasteiger partial charge in [-0.15, -0.1) is 24.0 Å². The van der Waals surface area contributed by atoms with E-state index in [4.69, 9.17) is 4.74 Å². The normalized spacial score (nSPS) is 12.5. The summed E-state index contributed by atoms with van der Waals surface area (Å²) < 4.78 is 5.73. The van der Waals surface area contributed by atoms with Gasteiger partial charge < -0.3 is 15.4 Å². The minimum absolute atomic E-state index is 0. The van der Waals surface area contributed by atoms with Gasteiger partial charge in [0.2, 0.25) is 0 Å². The molecule has 0 fully saturated rings. The number of nitrogens with zero attached hydrogens (tertiary/aromatic N) is 1. The molecule has 0 heterocycles. The van der Waals surface area contributed by atoms with Gasteiger partial charge >= 0.3 is 0 Å². The number of benzene rings is 1. The van der Waals surface area contributed by atoms with Gasteiger partial charge in [-0.3, -0.25) is 4.99 Å². The second kappa shape index (κ2) is 14.5. The van der Waals surface area contributed by atoms with E-state index in [9.17, 15) is 0 Å². The van der Waals surface area contributed by atoms with E-state index in [1.807, 2.05) is 30.9 Å². The molecular formula is C19H34IN3OS. The lowest BCUT2D eigenvalue weighted by atomic mass is 10.1. The SMILES string of the molecule is CN=C(NCCCCSC)NC(C)c1ccc(OCC(C)C)cc1.I. The quantitative estimate of drug-likeness (QED) is 0.221. The smallest absolute Gasteiger partial charge is 0.191 e. The number of guanidine groups is 1. The van der Waals surface area contributed by atoms with Crippen LogP contribution in [0.2, 0.25) is 0 Å². The molecule has 1 aromatic carbocycles. The molecule has 0 saturated carbocycles. The molecule has 0 aromatic heterocycles. The number of hydrogen-bond donors (Lipinski definition) is 2. The van der Waals surface area contributed by atoms with Crippen LogP contribution in [-0.2, 0) is 0 Å². The van der Waals surface area contributed by atoms with Gasteiger partial charge in [0.25, 0.3) is 0 Å². The summed E-state index contributed by atoms with van der Waals surface area (Å²) in [6.07, 6.45) is 4.55. The number of aliphatic imine (C=N–C) groups is 1. The zero-order valence-electron chi connectivity index (χ0n) is 16.2. The molecule has 0 aliphatic carbocycles. The van der Waals surface area contributed by atoms with Crippen molar-refractivity contribution < 1.29 is 4.74 Å². The molecule has 25 heavy (non-hydrogen) atoms. The van der Waals surface area contributed by atoms with E-state index in [1.165, 1.54) is 17.7 Å². The van der Waals surface area contributed by atoms with Crippen molar-refractivity contribution in [2.24, 2.45) is 10.9 Å². The lowest BCUT2D eigenvalue weighted by molar-refractivity contribution is 0.271. The number of nitrogens with one attached hydrogen (secondary N) is 2. The summed E-state index contributed by atoms with van der Waals surface area (Å²) in [6.45, 7) is 8.15. The Labute approximate surface area is 175 Å². The van der Waals surface area contributed by atoms with E-state index in [1.54, 1.807) is 0 Å². The highest BCUT2D eigenvalue weighted by Crippen LogP contribution is 2.18. The molecule has 6 heteroatoms. The van der Waals surface area contributed by atoms with Crippen LogP contribution in [0.15, 0.2) is 29.3 Å². The van der Waals surface area contributed by atoms with E-state index in [0.29, 0.717) is 5.92 Å². The van der Waals surface area contributed by atoms with Crippen molar-refractivity contribution in [1.29, 1.82) is 0 Å². The minimum Gasteiger partial charge on any atom is -0.493 e. The molecule has 1 aromatic rings. The number of ether oxygens (including phenoxy) is 1. The van der Waals surface area contributed by atoms with Crippen LogP contribution in [0.1, 0.15) is 45.2 Å². The van der Waals surface area contributed by atoms with Gasteiger partial charge in [-0.25, -0.2) is 0 Å². The van der Waals surface area contributed by atoms with Crippen LogP contribution < -0.4 is 15.4 Å². The Morgan fingerprint density at radius 2 is 1.84 bits per heavy atom. The molecule has 0 aliphatic rings. The first-order chi connectivity index (χ1) is 11.6. The first-order valence-corrected chi connectivity index (χ1v) is 10.1. The fourth-order valence-corrected chi connectivity index (χ4v) is 2.67. The Morgan fingerprint density at radius 3 is 2.40 bits per heavy atom. The average molecular weight is 479 g/mol. The second-order valence-corrected chi connectivity index (χ2v) is 7.32. The summed E-state index contributed by atoms with van der Waals surface area (Å²) >= 11 is 1.90. The van der Waals surface area contributed by atoms with Crippen molar-refractivity contribution in [3.05, 3.63) is 29.8 Å². The fourth-order valence-electron chi connectivity index (χ4n) is 2.18. The van der Waals surface area contributed by atoms with E-state index < -0.39 is 0 Å². The van der Waals surface area contributed by atoms with Crippen LogP contribution >= 0.6 is 35.7 Å². The standard InChI is InChI=1S/C19H33N3OS.HI/c1-15(2)14-23-18-10-8-17(9-11-18)16(3)22-19(20-4)21-12-6-7-13-24-5;/h8-11,15-16H,6-7,12-14H2,1-5H3,(H2,20,21,22);1H. The average Bonchev–Trinajstić information content (AvgIpc) is 2.59. The zero-order valence-corrected chi connectivity index (χ0v) is 19.3. The predicted octanol–water partition coefficient (Wildman–Crippen LogP) is 4.71. The summed E-state index contributed by atoms with van der Waals surface area (Å²) in [6, 6.07) is 8.49. The van der Waals surface area contributed by atoms with Gasteiger partial charge in [0.1, 0.15) is 5.75 Å². The topological polar surface area (TPSA) is 45.7 Å². The maximum atomic E-state index is 5.73. The zero-order chi connectivity index (χ0) is 17.8. The maximum Gasteiger partial charge on any atom is 0.191 e. The number of unbranched alkanes of at least 4 members (excludes halogenated alkanes) is 1. The summed E-state index contributed by atoms with van der Waals surface area (Å²) in [5, 5.41) is 6.81. The van der Waals surface area contributed by atoms with Gasteiger partial charge in [0.05, 0.1) is 12.6 Å². The summed E-state index contributed by atoms with van der Waals surface area (Å²) in [5.74, 6) is 3.54. The number of halogens is 1. The van der Waals surface area contributed by atoms with E-state index in [2.05, 4.69) is 54.8 Å². The van der Waals surface area contributed by atoms with Crippen molar-refractivity contribution in [2.75, 3.05) is 32.2 Å². The maximum absolute atomic E-state index is 5.73. The van der Waals surface area contributed by atoms with E-state index in [0.717, 1.165) is 31.3 Å². The highest BCUT2D eigenvalue weighted by atomic mass is 127. The summed E-state index contributed by atoms with van der Waals surface area (Å²) in [7, 11) is 1.81. The lowest BCUT2D eigenvalue weighted by Gasteiger charge is -2.19. The third-order valence-corrected chi connectivity index (χ3v) is 4.30. The van der Waals surface area contributed by atoms with Gasteiger partial charge in [0, 0.05) is 13.6 Å². The van der Waals surface area contributed by atoms with Crippen LogP contribution in [0, 0.1) is 5.92 Å². The predicted molar refractivity (Wildman–Crippen MR) is 123 cm³/mol. The minimum atomic E-state index is 0. The van der Waals surface area contributed by atoms with Crippen LogP contribution in [0.5, 0.6) is 5.75 Å². The Hall–Kier alpha value is -0.630. The number of thioether (sulfide) groups is 1. The number of rotatable bonds is 10. The van der Waals surface area contributed by atoms with Crippen LogP contribution in [0.3, 0.4) is 0 Å². The third kappa shape index (κ3) is 10.8. The molecule has 144 valence electrons. The Morgan fingerprint density at radius 1 is 1.16 bits per heavy atom. The van der Waals surface area contributed by atoms with Crippen molar-refractivity contribution in [2.45, 2.75) is 39.7 Å². The molecule has 2 N–H and O–H groups in total. The summed E-state index contributed by atoms with van der Waals surface area (Å²) in [5.41, 5.74) is 1.22. The van der Waals surface area contributed by atoms with Crippen molar-refractivity contribution in [3.8, 4) is 5.75 Å². The van der Waals surface area contributed by atoms with Gasteiger partial charge in [-0.1, -0.05) is 26.0 Å². The number of hydrogen-bond acceptors (Lipinski definition) is 3. The largest absolute Gasteiger partial charge is 0.493 e. The van der Waals surface area contributed by atoms with Gasteiger partial charge in [-0.05, 0) is 55.4 Å². The lowest BCUT2D eigenvalue weighted by Crippen LogP contribution is -2.39. The van der Waals surface area contributed by atoms with Gasteiger partial charge in [0.15, 0.2) is 5.96 Å². The van der Waals surface area contributed by atoms with Crippen LogP contribution in [0.25, 0.3) is 0 Å². The van der Waals surface area contributed by atoms with Gasteiger partial charge in [-0.2, -0.15) is 11.8 Å². The third-order valence-electron chi connectivity index (χ3n) is 3.61.